The summed E-state index contributed by atoms with van der Waals surface area (Å²) in [5.41, 5.74) is 2.04. The number of carboxylic acids is 1. The quantitative estimate of drug-likeness (QED) is 0.840. The third kappa shape index (κ3) is 4.26. The van der Waals surface area contributed by atoms with Crippen molar-refractivity contribution in [3.05, 3.63) is 35.4 Å². The molecular weight excluding hydrogens is 218 g/mol. The molecule has 1 aromatic rings. The highest BCUT2D eigenvalue weighted by molar-refractivity contribution is 5.82. The molecule has 0 saturated heterocycles. The van der Waals surface area contributed by atoms with Gasteiger partial charge in [0, 0.05) is 6.54 Å². The minimum Gasteiger partial charge on any atom is -0.480 e. The molecular formula is C13H17NO3. The number of carbonyl (C=O) groups is 2. The fourth-order valence-corrected chi connectivity index (χ4v) is 1.53. The van der Waals surface area contributed by atoms with Crippen molar-refractivity contribution in [3.63, 3.8) is 0 Å². The molecule has 1 rings (SSSR count). The number of carboxylic acid groups (broad SMARTS) is 1. The predicted octanol–water partition coefficient (Wildman–Crippen LogP) is 1.47. The van der Waals surface area contributed by atoms with Crippen molar-refractivity contribution in [2.24, 2.45) is 0 Å². The summed E-state index contributed by atoms with van der Waals surface area (Å²) in [6, 6.07) is 7.66. The van der Waals surface area contributed by atoms with E-state index in [9.17, 15) is 9.59 Å². The summed E-state index contributed by atoms with van der Waals surface area (Å²) >= 11 is 0. The third-order valence-corrected chi connectivity index (χ3v) is 2.54. The van der Waals surface area contributed by atoms with Crippen molar-refractivity contribution in [1.82, 2.24) is 4.90 Å². The van der Waals surface area contributed by atoms with Gasteiger partial charge < -0.3 is 10.0 Å². The van der Waals surface area contributed by atoms with Gasteiger partial charge in [-0.1, -0.05) is 29.8 Å². The highest BCUT2D eigenvalue weighted by Crippen LogP contribution is 2.05. The zero-order chi connectivity index (χ0) is 12.8. The Morgan fingerprint density at radius 1 is 1.24 bits per heavy atom. The number of carbonyl (C=O) groups excluding carboxylic acids is 1. The van der Waals surface area contributed by atoms with Crippen molar-refractivity contribution in [2.45, 2.75) is 20.3 Å². The van der Waals surface area contributed by atoms with Crippen LogP contribution in [0, 0.1) is 6.92 Å². The first-order chi connectivity index (χ1) is 8.02. The average molecular weight is 235 g/mol. The number of nitrogens with zero attached hydrogens (tertiary/aromatic N) is 1. The van der Waals surface area contributed by atoms with Crippen molar-refractivity contribution in [2.75, 3.05) is 13.1 Å². The second kappa shape index (κ2) is 6.03. The minimum atomic E-state index is -0.982. The Kier molecular flexibility index (Phi) is 4.69. The molecule has 0 heterocycles. The van der Waals surface area contributed by atoms with Crippen LogP contribution in [0.4, 0.5) is 0 Å². The summed E-state index contributed by atoms with van der Waals surface area (Å²) < 4.78 is 0. The number of likely N-dealkylation sites (N-methyl/N-ethyl adjacent to an activating group) is 1. The SMILES string of the molecule is CCN(CC(=O)O)C(=O)Cc1ccc(C)cc1. The monoisotopic (exact) mass is 235 g/mol. The van der Waals surface area contributed by atoms with Gasteiger partial charge in [-0.15, -0.1) is 0 Å². The Morgan fingerprint density at radius 2 is 1.82 bits per heavy atom. The third-order valence-electron chi connectivity index (χ3n) is 2.54. The molecule has 0 aliphatic heterocycles. The van der Waals surface area contributed by atoms with Gasteiger partial charge in [0.2, 0.25) is 5.91 Å². The molecule has 0 fully saturated rings. The minimum absolute atomic E-state index is 0.154. The lowest BCUT2D eigenvalue weighted by atomic mass is 10.1. The molecule has 4 nitrogen and oxygen atoms in total. The van der Waals surface area contributed by atoms with E-state index >= 15 is 0 Å². The maximum Gasteiger partial charge on any atom is 0.323 e. The lowest BCUT2D eigenvalue weighted by Crippen LogP contribution is -2.36. The van der Waals surface area contributed by atoms with Gasteiger partial charge in [-0.3, -0.25) is 9.59 Å². The second-order valence-electron chi connectivity index (χ2n) is 3.96. The van der Waals surface area contributed by atoms with Crippen molar-refractivity contribution < 1.29 is 14.7 Å². The van der Waals surface area contributed by atoms with E-state index in [4.69, 9.17) is 5.11 Å². The highest BCUT2D eigenvalue weighted by atomic mass is 16.4. The molecule has 0 spiro atoms. The molecule has 0 aliphatic carbocycles. The first-order valence-electron chi connectivity index (χ1n) is 5.58. The van der Waals surface area contributed by atoms with Gasteiger partial charge in [-0.2, -0.15) is 0 Å². The van der Waals surface area contributed by atoms with Crippen molar-refractivity contribution in [3.8, 4) is 0 Å². The summed E-state index contributed by atoms with van der Waals surface area (Å²) in [6.07, 6.45) is 0.251. The molecule has 0 aliphatic rings. The molecule has 1 amide bonds. The summed E-state index contributed by atoms with van der Waals surface area (Å²) in [6.45, 7) is 3.93. The molecule has 0 saturated carbocycles. The topological polar surface area (TPSA) is 57.6 Å². The molecule has 0 bridgehead atoms. The van der Waals surface area contributed by atoms with E-state index in [1.54, 1.807) is 6.92 Å². The Bertz CT molecular complexity index is 398. The maximum atomic E-state index is 11.8. The van der Waals surface area contributed by atoms with Crippen LogP contribution >= 0.6 is 0 Å². The predicted molar refractivity (Wildman–Crippen MR) is 64.8 cm³/mol. The second-order valence-corrected chi connectivity index (χ2v) is 3.96. The van der Waals surface area contributed by atoms with Crippen LogP contribution in [0.3, 0.4) is 0 Å². The van der Waals surface area contributed by atoms with E-state index in [2.05, 4.69) is 0 Å². The Balaban J connectivity index is 2.63. The normalized spacial score (nSPS) is 10.0. The van der Waals surface area contributed by atoms with Crippen LogP contribution in [0.15, 0.2) is 24.3 Å². The molecule has 0 aromatic heterocycles. The summed E-state index contributed by atoms with van der Waals surface area (Å²) in [5.74, 6) is -1.14. The van der Waals surface area contributed by atoms with Gasteiger partial charge >= 0.3 is 5.97 Å². The van der Waals surface area contributed by atoms with Crippen molar-refractivity contribution in [1.29, 1.82) is 0 Å². The smallest absolute Gasteiger partial charge is 0.323 e. The van der Waals surface area contributed by atoms with Crippen LogP contribution in [-0.2, 0) is 16.0 Å². The molecule has 92 valence electrons. The van der Waals surface area contributed by atoms with Crippen LogP contribution in [0.1, 0.15) is 18.1 Å². The fourth-order valence-electron chi connectivity index (χ4n) is 1.53. The van der Waals surface area contributed by atoms with Gasteiger partial charge in [0.05, 0.1) is 6.42 Å². The van der Waals surface area contributed by atoms with E-state index in [0.717, 1.165) is 11.1 Å². The van der Waals surface area contributed by atoms with Crippen LogP contribution in [-0.4, -0.2) is 35.0 Å². The van der Waals surface area contributed by atoms with Gasteiger partial charge in [0.1, 0.15) is 6.54 Å². The largest absolute Gasteiger partial charge is 0.480 e. The lowest BCUT2D eigenvalue weighted by molar-refractivity contribution is -0.144. The highest BCUT2D eigenvalue weighted by Gasteiger charge is 2.14. The standard InChI is InChI=1S/C13H17NO3/c1-3-14(9-13(16)17)12(15)8-11-6-4-10(2)5-7-11/h4-7H,3,8-9H2,1-2H3,(H,16,17). The van der Waals surface area contributed by atoms with Crippen LogP contribution in [0.5, 0.6) is 0 Å². The zero-order valence-electron chi connectivity index (χ0n) is 10.1. The molecule has 17 heavy (non-hydrogen) atoms. The molecule has 4 heteroatoms. The summed E-state index contributed by atoms with van der Waals surface area (Å²) in [4.78, 5) is 23.7. The number of hydrogen-bond donors (Lipinski definition) is 1. The number of aliphatic carboxylic acids is 1. The van der Waals surface area contributed by atoms with Crippen molar-refractivity contribution >= 4 is 11.9 Å². The van der Waals surface area contributed by atoms with Gasteiger partial charge in [0.15, 0.2) is 0 Å². The van der Waals surface area contributed by atoms with Crippen LogP contribution in [0.2, 0.25) is 0 Å². The van der Waals surface area contributed by atoms with Gasteiger partial charge in [0.25, 0.3) is 0 Å². The lowest BCUT2D eigenvalue weighted by Gasteiger charge is -2.18. The van der Waals surface area contributed by atoms with Crippen LogP contribution in [0.25, 0.3) is 0 Å². The Hall–Kier alpha value is -1.84. The van der Waals surface area contributed by atoms with Gasteiger partial charge in [-0.05, 0) is 19.4 Å². The number of rotatable bonds is 5. The van der Waals surface area contributed by atoms with E-state index in [1.165, 1.54) is 4.90 Å². The van der Waals surface area contributed by atoms with E-state index < -0.39 is 5.97 Å². The first-order valence-corrected chi connectivity index (χ1v) is 5.58. The summed E-state index contributed by atoms with van der Waals surface area (Å²) in [7, 11) is 0. The molecule has 0 radical (unpaired) electrons. The van der Waals surface area contributed by atoms with Crippen LogP contribution < -0.4 is 0 Å². The van der Waals surface area contributed by atoms with E-state index in [0.29, 0.717) is 6.54 Å². The van der Waals surface area contributed by atoms with E-state index in [1.807, 2.05) is 31.2 Å². The van der Waals surface area contributed by atoms with E-state index in [-0.39, 0.29) is 18.9 Å². The first kappa shape index (κ1) is 13.2. The summed E-state index contributed by atoms with van der Waals surface area (Å²) in [5, 5.41) is 8.67. The number of aryl methyl sites for hydroxylation is 1. The maximum absolute atomic E-state index is 11.8. The zero-order valence-corrected chi connectivity index (χ0v) is 10.1. The van der Waals surface area contributed by atoms with Gasteiger partial charge in [-0.25, -0.2) is 0 Å². The number of amides is 1. The molecule has 0 atom stereocenters. The Morgan fingerprint density at radius 3 is 2.29 bits per heavy atom. The number of benzene rings is 1. The average Bonchev–Trinajstić information content (AvgIpc) is 2.28. The molecule has 1 N–H and O–H groups in total. The fraction of sp³-hybridized carbons (Fsp3) is 0.385. The molecule has 0 unspecified atom stereocenters. The number of hydrogen-bond acceptors (Lipinski definition) is 2. The Labute approximate surface area is 101 Å². The molecule has 1 aromatic carbocycles.